The first kappa shape index (κ1) is 20.3. The molecule has 0 amide bonds. The first-order valence-electron chi connectivity index (χ1n) is 5.56. The summed E-state index contributed by atoms with van der Waals surface area (Å²) in [6.45, 7) is 0.896. The van der Waals surface area contributed by atoms with Gasteiger partial charge in [-0.25, -0.2) is 13.7 Å². The summed E-state index contributed by atoms with van der Waals surface area (Å²) >= 11 is 0. The standard InChI is InChI=1S/C6H16NO12P3/c1-4-7(2)6(8)5(17-4)3-16-21(12,13)19-22(14,15)18-20(9,10)11/h4-6,8H,3H2,1-2H3,(H,12,13)(H,14,15)(H2,9,10,11)/t4-,5+,6?/m0/s1. The molecule has 3 unspecified atom stereocenters. The van der Waals surface area contributed by atoms with Crippen LogP contribution in [0.3, 0.4) is 0 Å². The second-order valence-electron chi connectivity index (χ2n) is 4.24. The highest BCUT2D eigenvalue weighted by Crippen LogP contribution is 2.66. The lowest BCUT2D eigenvalue weighted by Gasteiger charge is -2.19. The van der Waals surface area contributed by atoms with Gasteiger partial charge < -0.3 is 29.4 Å². The molecular formula is C6H16NO12P3. The van der Waals surface area contributed by atoms with Crippen LogP contribution in [0.4, 0.5) is 0 Å². The van der Waals surface area contributed by atoms with E-state index in [1.165, 1.54) is 11.9 Å². The molecule has 1 saturated heterocycles. The Hall–Kier alpha value is 0.290. The minimum absolute atomic E-state index is 0.510. The van der Waals surface area contributed by atoms with E-state index in [4.69, 9.17) is 19.4 Å². The van der Waals surface area contributed by atoms with Crippen molar-refractivity contribution in [3.63, 3.8) is 0 Å². The van der Waals surface area contributed by atoms with E-state index in [0.29, 0.717) is 0 Å². The zero-order valence-electron chi connectivity index (χ0n) is 11.3. The fourth-order valence-electron chi connectivity index (χ4n) is 1.49. The summed E-state index contributed by atoms with van der Waals surface area (Å²) in [5, 5.41) is 9.69. The highest BCUT2D eigenvalue weighted by molar-refractivity contribution is 7.66. The summed E-state index contributed by atoms with van der Waals surface area (Å²) in [5.74, 6) is 0. The quantitative estimate of drug-likeness (QED) is 0.346. The van der Waals surface area contributed by atoms with Crippen molar-refractivity contribution in [2.45, 2.75) is 25.5 Å². The van der Waals surface area contributed by atoms with E-state index in [2.05, 4.69) is 13.1 Å². The van der Waals surface area contributed by atoms with Crippen LogP contribution in [-0.2, 0) is 31.6 Å². The van der Waals surface area contributed by atoms with Crippen molar-refractivity contribution in [2.75, 3.05) is 13.7 Å². The molecule has 1 aliphatic rings. The number of nitrogens with zero attached hydrogens (tertiary/aromatic N) is 1. The Labute approximate surface area is 124 Å². The van der Waals surface area contributed by atoms with Crippen LogP contribution in [0.5, 0.6) is 0 Å². The Kier molecular flexibility index (Phi) is 6.51. The molecule has 1 fully saturated rings. The van der Waals surface area contributed by atoms with Crippen LogP contribution in [0.2, 0.25) is 0 Å². The summed E-state index contributed by atoms with van der Waals surface area (Å²) in [5.41, 5.74) is 0. The van der Waals surface area contributed by atoms with Crippen molar-refractivity contribution in [3.05, 3.63) is 0 Å². The molecule has 0 aromatic rings. The van der Waals surface area contributed by atoms with E-state index in [9.17, 15) is 23.7 Å². The van der Waals surface area contributed by atoms with Crippen molar-refractivity contribution in [1.29, 1.82) is 0 Å². The van der Waals surface area contributed by atoms with Gasteiger partial charge in [0, 0.05) is 0 Å². The van der Waals surface area contributed by atoms with E-state index < -0.39 is 48.6 Å². The molecule has 13 nitrogen and oxygen atoms in total. The molecule has 0 bridgehead atoms. The van der Waals surface area contributed by atoms with Gasteiger partial charge >= 0.3 is 23.5 Å². The first-order valence-corrected chi connectivity index (χ1v) is 10.1. The van der Waals surface area contributed by atoms with Gasteiger partial charge in [0.05, 0.1) is 6.61 Å². The number of hydrogen-bond acceptors (Lipinski definition) is 9. The molecule has 0 saturated carbocycles. The number of aliphatic hydroxyl groups excluding tert-OH is 1. The van der Waals surface area contributed by atoms with Crippen LogP contribution in [0, 0.1) is 0 Å². The summed E-state index contributed by atoms with van der Waals surface area (Å²) in [7, 11) is -14.7. The van der Waals surface area contributed by atoms with E-state index in [1.807, 2.05) is 0 Å². The van der Waals surface area contributed by atoms with Crippen molar-refractivity contribution >= 4 is 23.5 Å². The van der Waals surface area contributed by atoms with Gasteiger partial charge in [0.15, 0.2) is 0 Å². The molecule has 0 aromatic carbocycles. The second-order valence-corrected chi connectivity index (χ2v) is 8.66. The number of aliphatic hydroxyl groups is 1. The molecule has 0 radical (unpaired) electrons. The van der Waals surface area contributed by atoms with Crippen LogP contribution >= 0.6 is 23.5 Å². The largest absolute Gasteiger partial charge is 0.490 e. The Bertz CT molecular complexity index is 533. The van der Waals surface area contributed by atoms with E-state index in [-0.39, 0.29) is 0 Å². The van der Waals surface area contributed by atoms with Crippen molar-refractivity contribution in [1.82, 2.24) is 4.90 Å². The predicted octanol–water partition coefficient (Wildman–Crippen LogP) is -0.675. The number of ether oxygens (including phenoxy) is 1. The molecule has 1 rings (SSSR count). The van der Waals surface area contributed by atoms with E-state index >= 15 is 0 Å². The third kappa shape index (κ3) is 6.42. The maximum atomic E-state index is 11.4. The lowest BCUT2D eigenvalue weighted by atomic mass is 10.3. The molecule has 5 N–H and O–H groups in total. The Morgan fingerprint density at radius 3 is 2.05 bits per heavy atom. The summed E-state index contributed by atoms with van der Waals surface area (Å²) < 4.78 is 49.5. The van der Waals surface area contributed by atoms with Gasteiger partial charge in [-0.3, -0.25) is 9.42 Å². The monoisotopic (exact) mass is 387 g/mol. The zero-order valence-corrected chi connectivity index (χ0v) is 14.0. The molecule has 22 heavy (non-hydrogen) atoms. The average Bonchev–Trinajstić information content (AvgIpc) is 2.49. The van der Waals surface area contributed by atoms with Crippen molar-refractivity contribution < 1.29 is 56.3 Å². The zero-order chi connectivity index (χ0) is 17.3. The minimum atomic E-state index is -5.55. The summed E-state index contributed by atoms with van der Waals surface area (Å²) in [6.07, 6.45) is -2.73. The number of hydrogen-bond donors (Lipinski definition) is 5. The second kappa shape index (κ2) is 7.04. The van der Waals surface area contributed by atoms with Crippen LogP contribution < -0.4 is 0 Å². The Morgan fingerprint density at radius 1 is 1.09 bits per heavy atom. The number of phosphoric ester groups is 1. The molecule has 5 atom stereocenters. The van der Waals surface area contributed by atoms with Gasteiger partial charge in [-0.2, -0.15) is 8.62 Å². The molecule has 0 aromatic heterocycles. The molecule has 1 aliphatic heterocycles. The van der Waals surface area contributed by atoms with Crippen molar-refractivity contribution in [2.24, 2.45) is 0 Å². The van der Waals surface area contributed by atoms with Gasteiger partial charge in [-0.05, 0) is 14.0 Å². The maximum Gasteiger partial charge on any atom is 0.490 e. The molecule has 0 spiro atoms. The topological polar surface area (TPSA) is 193 Å². The highest BCUT2D eigenvalue weighted by Gasteiger charge is 2.43. The molecular weight excluding hydrogens is 371 g/mol. The van der Waals surface area contributed by atoms with Crippen molar-refractivity contribution in [3.8, 4) is 0 Å². The van der Waals surface area contributed by atoms with Crippen LogP contribution in [0.1, 0.15) is 6.92 Å². The number of phosphoric acid groups is 3. The molecule has 0 aliphatic carbocycles. The summed E-state index contributed by atoms with van der Waals surface area (Å²) in [6, 6.07) is 0. The third-order valence-corrected chi connectivity index (χ3v) is 6.32. The molecule has 1 heterocycles. The van der Waals surface area contributed by atoms with Gasteiger partial charge in [-0.15, -0.1) is 0 Å². The first-order chi connectivity index (χ1) is 9.72. The Balaban J connectivity index is 2.60. The number of rotatable bonds is 7. The fraction of sp³-hybridized carbons (Fsp3) is 1.00. The molecule has 16 heteroatoms. The minimum Gasteiger partial charge on any atom is -0.375 e. The highest BCUT2D eigenvalue weighted by atomic mass is 31.3. The van der Waals surface area contributed by atoms with Gasteiger partial charge in [0.1, 0.15) is 18.6 Å². The predicted molar refractivity (Wildman–Crippen MR) is 67.9 cm³/mol. The lowest BCUT2D eigenvalue weighted by Crippen LogP contribution is -2.35. The average molecular weight is 387 g/mol. The van der Waals surface area contributed by atoms with Crippen LogP contribution in [0.25, 0.3) is 0 Å². The van der Waals surface area contributed by atoms with Gasteiger partial charge in [0.25, 0.3) is 0 Å². The lowest BCUT2D eigenvalue weighted by molar-refractivity contribution is -0.0169. The fourth-order valence-corrected chi connectivity index (χ4v) is 4.52. The third-order valence-electron chi connectivity index (χ3n) is 2.51. The van der Waals surface area contributed by atoms with Gasteiger partial charge in [0.2, 0.25) is 0 Å². The normalized spacial score (nSPS) is 32.6. The van der Waals surface area contributed by atoms with E-state index in [1.54, 1.807) is 6.92 Å². The SMILES string of the molecule is C[C@@H]1O[C@H](COP(=O)(O)OP(=O)(O)OP(=O)(O)O)C(O)N1C. The van der Waals surface area contributed by atoms with Gasteiger partial charge in [-0.1, -0.05) is 0 Å². The molecule has 132 valence electrons. The summed E-state index contributed by atoms with van der Waals surface area (Å²) in [4.78, 5) is 36.2. The smallest absolute Gasteiger partial charge is 0.375 e. The van der Waals surface area contributed by atoms with E-state index in [0.717, 1.165) is 0 Å². The van der Waals surface area contributed by atoms with Crippen LogP contribution in [-0.4, -0.2) is 61.8 Å². The Morgan fingerprint density at radius 2 is 1.64 bits per heavy atom. The van der Waals surface area contributed by atoms with Crippen LogP contribution in [0.15, 0.2) is 0 Å². The maximum absolute atomic E-state index is 11.4. The number of likely N-dealkylation sites (N-methyl/N-ethyl adjacent to an activating group) is 1.